The lowest BCUT2D eigenvalue weighted by Gasteiger charge is -2.37. The van der Waals surface area contributed by atoms with Gasteiger partial charge in [0.15, 0.2) is 11.5 Å². The fourth-order valence-electron chi connectivity index (χ4n) is 5.42. The molecule has 0 unspecified atom stereocenters. The van der Waals surface area contributed by atoms with Crippen LogP contribution < -0.4 is 10.9 Å². The largest absolute Gasteiger partial charge is 0.324 e. The number of anilines is 2. The van der Waals surface area contributed by atoms with Crippen LogP contribution in [-0.2, 0) is 23.3 Å². The van der Waals surface area contributed by atoms with Crippen LogP contribution in [0.5, 0.6) is 0 Å². The molecule has 1 saturated carbocycles. The minimum Gasteiger partial charge on any atom is -0.324 e. The Bertz CT molecular complexity index is 1560. The molecule has 2 aliphatic rings. The van der Waals surface area contributed by atoms with E-state index in [9.17, 15) is 9.59 Å². The Hall–Kier alpha value is -4.05. The number of allylic oxidation sites excluding steroid dienone is 3. The minimum atomic E-state index is -0.266. The van der Waals surface area contributed by atoms with Gasteiger partial charge < -0.3 is 5.32 Å². The van der Waals surface area contributed by atoms with Crippen LogP contribution in [0.25, 0.3) is 11.0 Å². The van der Waals surface area contributed by atoms with Crippen LogP contribution in [0.3, 0.4) is 0 Å². The lowest BCUT2D eigenvalue weighted by Crippen LogP contribution is -2.41. The molecule has 10 heteroatoms. The Morgan fingerprint density at radius 1 is 1.27 bits per heavy atom. The highest BCUT2D eigenvalue weighted by Crippen LogP contribution is 2.53. The molecule has 1 aliphatic heterocycles. The third kappa shape index (κ3) is 4.99. The maximum Gasteiger partial charge on any atom is 0.278 e. The van der Waals surface area contributed by atoms with E-state index in [0.717, 1.165) is 18.8 Å². The summed E-state index contributed by atoms with van der Waals surface area (Å²) in [4.78, 5) is 36.9. The Kier molecular flexibility index (Phi) is 7.46. The smallest absolute Gasteiger partial charge is 0.278 e. The molecule has 1 aliphatic carbocycles. The molecule has 1 aromatic carbocycles. The van der Waals surface area contributed by atoms with Crippen LogP contribution in [0.1, 0.15) is 58.6 Å². The second kappa shape index (κ2) is 10.8. The van der Waals surface area contributed by atoms with E-state index in [0.29, 0.717) is 40.7 Å². The summed E-state index contributed by atoms with van der Waals surface area (Å²) in [5.74, 6) is 0.740. The van der Waals surface area contributed by atoms with Gasteiger partial charge in [0, 0.05) is 42.5 Å². The number of hydrogen-bond acceptors (Lipinski definition) is 7. The Labute approximate surface area is 234 Å². The van der Waals surface area contributed by atoms with Gasteiger partial charge in [0.2, 0.25) is 12.4 Å². The molecule has 210 valence electrons. The second-order valence-corrected chi connectivity index (χ2v) is 11.2. The van der Waals surface area contributed by atoms with Crippen LogP contribution >= 0.6 is 0 Å². The lowest BCUT2D eigenvalue weighted by molar-refractivity contribution is -0.119. The van der Waals surface area contributed by atoms with E-state index in [2.05, 4.69) is 58.9 Å². The number of nitrogens with zero attached hydrogens (tertiary/aromatic N) is 7. The summed E-state index contributed by atoms with van der Waals surface area (Å²) in [6.07, 6.45) is 9.86. The average molecular weight is 543 g/mol. The van der Waals surface area contributed by atoms with Gasteiger partial charge in [-0.3, -0.25) is 14.5 Å². The van der Waals surface area contributed by atoms with Crippen LogP contribution in [0.2, 0.25) is 0 Å². The maximum absolute atomic E-state index is 13.3. The molecule has 5 rings (SSSR count). The quantitative estimate of drug-likeness (QED) is 0.142. The minimum absolute atomic E-state index is 0.170. The summed E-state index contributed by atoms with van der Waals surface area (Å²) in [6, 6.07) is 6.85. The van der Waals surface area contributed by atoms with E-state index in [1.54, 1.807) is 22.9 Å². The number of carbonyl (C=O) groups is 1. The molecule has 0 atom stereocenters. The van der Waals surface area contributed by atoms with Crippen molar-refractivity contribution in [3.63, 3.8) is 0 Å². The zero-order valence-corrected chi connectivity index (χ0v) is 24.0. The number of amides is 1. The molecule has 40 heavy (non-hydrogen) atoms. The first-order valence-electron chi connectivity index (χ1n) is 13.9. The summed E-state index contributed by atoms with van der Waals surface area (Å²) in [5, 5.41) is 9.56. The number of carbonyl (C=O) groups excluding carboxylic acids is 1. The highest BCUT2D eigenvalue weighted by molar-refractivity contribution is 5.99. The maximum atomic E-state index is 13.3. The summed E-state index contributed by atoms with van der Waals surface area (Å²) >= 11 is 0. The topological polar surface area (TPSA) is 101 Å². The molecule has 1 fully saturated rings. The third-order valence-electron chi connectivity index (χ3n) is 7.76. The van der Waals surface area contributed by atoms with E-state index in [-0.39, 0.29) is 18.1 Å². The number of hydrazone groups is 1. The van der Waals surface area contributed by atoms with Crippen molar-refractivity contribution >= 4 is 34.9 Å². The first kappa shape index (κ1) is 27.5. The fourth-order valence-corrected chi connectivity index (χ4v) is 5.42. The van der Waals surface area contributed by atoms with E-state index in [4.69, 9.17) is 4.98 Å². The fraction of sp³-hybridized carbons (Fsp3) is 0.433. The standard InChI is InChI=1S/C30H38N8O2/c1-7-9-26(34-36(19-39)21(5)6)38-27-24(28(40)37(38)14-8-2)16-31-29(33-27)32-23-10-11-25-22(15-23)17-35(20(3)4)18-30(25)12-13-30/h7-11,15-16,19-21H,2,12-14,17-18H2,1,3-6H3,(H,31,32,33)/b9-7-,34-26+. The normalized spacial score (nSPS) is 16.7. The number of benzene rings is 1. The first-order chi connectivity index (χ1) is 19.2. The average Bonchev–Trinajstić information content (AvgIpc) is 3.64. The van der Waals surface area contributed by atoms with Gasteiger partial charge >= 0.3 is 0 Å². The molecule has 1 spiro atoms. The van der Waals surface area contributed by atoms with Gasteiger partial charge in [0.25, 0.3) is 5.56 Å². The summed E-state index contributed by atoms with van der Waals surface area (Å²) < 4.78 is 3.11. The highest BCUT2D eigenvalue weighted by Gasteiger charge is 2.49. The zero-order valence-electron chi connectivity index (χ0n) is 24.0. The van der Waals surface area contributed by atoms with Gasteiger partial charge in [0.05, 0.1) is 6.54 Å². The SMILES string of the molecule is C=CCn1c(=O)c2cnc(Nc3ccc4c(c3)CN(C(C)C)CC43CC3)nc2n1C(/C=C\C)=N/N(C=O)C(C)C. The Balaban J connectivity index is 1.57. The van der Waals surface area contributed by atoms with Gasteiger partial charge in [-0.1, -0.05) is 18.2 Å². The van der Waals surface area contributed by atoms with Gasteiger partial charge in [-0.15, -0.1) is 6.58 Å². The number of nitrogens with one attached hydrogen (secondary N) is 1. The zero-order chi connectivity index (χ0) is 28.6. The van der Waals surface area contributed by atoms with Crippen LogP contribution in [0.15, 0.2) is 59.1 Å². The van der Waals surface area contributed by atoms with Gasteiger partial charge in [-0.2, -0.15) is 10.1 Å². The van der Waals surface area contributed by atoms with Crippen LogP contribution in [0.4, 0.5) is 11.6 Å². The molecule has 0 radical (unpaired) electrons. The summed E-state index contributed by atoms with van der Waals surface area (Å²) in [7, 11) is 0. The number of rotatable bonds is 9. The van der Waals surface area contributed by atoms with Crippen LogP contribution in [-0.4, -0.2) is 60.1 Å². The molecule has 10 nitrogen and oxygen atoms in total. The van der Waals surface area contributed by atoms with E-state index < -0.39 is 0 Å². The van der Waals surface area contributed by atoms with Crippen LogP contribution in [0, 0.1) is 0 Å². The number of fused-ring (bicyclic) bond motifs is 3. The van der Waals surface area contributed by atoms with Gasteiger partial charge in [0.1, 0.15) is 5.39 Å². The van der Waals surface area contributed by atoms with Crippen molar-refractivity contribution < 1.29 is 4.79 Å². The monoisotopic (exact) mass is 542 g/mol. The molecular weight excluding hydrogens is 504 g/mol. The molecule has 2 aromatic heterocycles. The Morgan fingerprint density at radius 2 is 2.05 bits per heavy atom. The lowest BCUT2D eigenvalue weighted by atomic mass is 9.86. The van der Waals surface area contributed by atoms with Crippen molar-refractivity contribution in [3.05, 3.63) is 70.7 Å². The molecule has 0 saturated heterocycles. The van der Waals surface area contributed by atoms with Crippen molar-refractivity contribution in [2.45, 2.75) is 78.0 Å². The van der Waals surface area contributed by atoms with Crippen molar-refractivity contribution in [1.29, 1.82) is 0 Å². The van der Waals surface area contributed by atoms with Crippen molar-refractivity contribution in [2.24, 2.45) is 5.10 Å². The molecule has 0 bridgehead atoms. The molecule has 1 N–H and O–H groups in total. The number of hydrogen-bond donors (Lipinski definition) is 1. The van der Waals surface area contributed by atoms with E-state index in [1.165, 1.54) is 39.9 Å². The molecule has 3 heterocycles. The molecule has 1 amide bonds. The summed E-state index contributed by atoms with van der Waals surface area (Å²) in [5.41, 5.74) is 4.11. The highest BCUT2D eigenvalue weighted by atomic mass is 16.1. The predicted octanol–water partition coefficient (Wildman–Crippen LogP) is 4.38. The summed E-state index contributed by atoms with van der Waals surface area (Å²) in [6.45, 7) is 16.2. The van der Waals surface area contributed by atoms with Crippen molar-refractivity contribution in [3.8, 4) is 0 Å². The van der Waals surface area contributed by atoms with E-state index in [1.807, 2.05) is 20.8 Å². The third-order valence-corrected chi connectivity index (χ3v) is 7.76. The number of aromatic nitrogens is 4. The predicted molar refractivity (Wildman–Crippen MR) is 159 cm³/mol. The molecular formula is C30H38N8O2. The van der Waals surface area contributed by atoms with Gasteiger partial charge in [-0.25, -0.2) is 19.4 Å². The second-order valence-electron chi connectivity index (χ2n) is 11.2. The first-order valence-corrected chi connectivity index (χ1v) is 13.9. The Morgan fingerprint density at radius 3 is 2.67 bits per heavy atom. The van der Waals surface area contributed by atoms with Crippen molar-refractivity contribution in [2.75, 3.05) is 11.9 Å². The van der Waals surface area contributed by atoms with Crippen molar-refractivity contribution in [1.82, 2.24) is 29.2 Å². The van der Waals surface area contributed by atoms with Gasteiger partial charge in [-0.05, 0) is 76.8 Å². The molecule has 3 aromatic rings. The van der Waals surface area contributed by atoms with E-state index >= 15 is 0 Å².